The zero-order chi connectivity index (χ0) is 15.5. The van der Waals surface area contributed by atoms with E-state index in [9.17, 15) is 9.59 Å². The zero-order valence-electron chi connectivity index (χ0n) is 12.2. The number of nitrogens with two attached hydrogens (primary N) is 1. The van der Waals surface area contributed by atoms with Crippen LogP contribution >= 0.6 is 0 Å². The molecule has 116 valence electrons. The first-order valence-corrected chi connectivity index (χ1v) is 7.47. The fourth-order valence-corrected chi connectivity index (χ4v) is 2.79. The normalized spacial score (nSPS) is 23.8. The van der Waals surface area contributed by atoms with Gasteiger partial charge in [-0.05, 0) is 30.4 Å². The third-order valence-corrected chi connectivity index (χ3v) is 4.19. The van der Waals surface area contributed by atoms with Gasteiger partial charge in [0.1, 0.15) is 24.9 Å². The van der Waals surface area contributed by atoms with Crippen molar-refractivity contribution in [3.05, 3.63) is 47.2 Å². The lowest BCUT2D eigenvalue weighted by atomic mass is 9.99. The predicted molar refractivity (Wildman–Crippen MR) is 79.5 cm³/mol. The Morgan fingerprint density at radius 3 is 2.82 bits per heavy atom. The molecule has 1 aromatic carbocycles. The second kappa shape index (κ2) is 6.32. The number of rotatable bonds is 7. The molecule has 3 unspecified atom stereocenters. The molecule has 1 aliphatic heterocycles. The van der Waals surface area contributed by atoms with E-state index in [1.54, 1.807) is 0 Å². The minimum Gasteiger partial charge on any atom is -0.460 e. The van der Waals surface area contributed by atoms with Gasteiger partial charge in [-0.3, -0.25) is 4.79 Å². The lowest BCUT2D eigenvalue weighted by Gasteiger charge is -2.12. The quantitative estimate of drug-likeness (QED) is 0.359. The van der Waals surface area contributed by atoms with E-state index in [0.717, 1.165) is 23.3 Å². The number of epoxide rings is 1. The SMILES string of the molecule is NC1=C(CCC(C=O)C(=O)OCc2ccccc2)CC2OC12. The smallest absolute Gasteiger partial charge is 0.316 e. The molecule has 22 heavy (non-hydrogen) atoms. The lowest BCUT2D eigenvalue weighted by molar-refractivity contribution is -0.151. The summed E-state index contributed by atoms with van der Waals surface area (Å²) < 4.78 is 10.5. The molecule has 1 heterocycles. The van der Waals surface area contributed by atoms with Crippen LogP contribution in [0.2, 0.25) is 0 Å². The molecular formula is C17H19NO4. The van der Waals surface area contributed by atoms with Gasteiger partial charge in [-0.1, -0.05) is 30.3 Å². The summed E-state index contributed by atoms with van der Waals surface area (Å²) in [7, 11) is 0. The van der Waals surface area contributed by atoms with Crippen LogP contribution < -0.4 is 5.73 Å². The van der Waals surface area contributed by atoms with Crippen molar-refractivity contribution in [1.29, 1.82) is 0 Å². The van der Waals surface area contributed by atoms with Crippen molar-refractivity contribution < 1.29 is 19.1 Å². The average Bonchev–Trinajstić information content (AvgIpc) is 3.25. The Bertz CT molecular complexity index is 596. The maximum atomic E-state index is 12.0. The first-order valence-electron chi connectivity index (χ1n) is 7.47. The molecule has 0 spiro atoms. The summed E-state index contributed by atoms with van der Waals surface area (Å²) in [5, 5.41) is 0. The Balaban J connectivity index is 1.48. The molecule has 5 heteroatoms. The van der Waals surface area contributed by atoms with Crippen LogP contribution in [0.15, 0.2) is 41.6 Å². The number of fused-ring (bicyclic) bond motifs is 1. The monoisotopic (exact) mass is 301 g/mol. The summed E-state index contributed by atoms with van der Waals surface area (Å²) in [5.41, 5.74) is 8.76. The Morgan fingerprint density at radius 1 is 1.41 bits per heavy atom. The molecule has 3 rings (SSSR count). The summed E-state index contributed by atoms with van der Waals surface area (Å²) in [4.78, 5) is 23.1. The average molecular weight is 301 g/mol. The Kier molecular flexibility index (Phi) is 4.24. The molecule has 0 amide bonds. The van der Waals surface area contributed by atoms with E-state index in [0.29, 0.717) is 19.1 Å². The Morgan fingerprint density at radius 2 is 2.18 bits per heavy atom. The van der Waals surface area contributed by atoms with Crippen LogP contribution in [0.25, 0.3) is 0 Å². The van der Waals surface area contributed by atoms with Crippen molar-refractivity contribution in [2.45, 2.75) is 38.1 Å². The molecule has 1 fully saturated rings. The molecule has 1 saturated heterocycles. The lowest BCUT2D eigenvalue weighted by Crippen LogP contribution is -2.19. The van der Waals surface area contributed by atoms with Gasteiger partial charge in [-0.2, -0.15) is 0 Å². The second-order valence-corrected chi connectivity index (χ2v) is 5.73. The molecule has 2 N–H and O–H groups in total. The summed E-state index contributed by atoms with van der Waals surface area (Å²) >= 11 is 0. The van der Waals surface area contributed by atoms with Crippen molar-refractivity contribution in [2.75, 3.05) is 0 Å². The number of ether oxygens (including phenoxy) is 2. The molecule has 1 aromatic rings. The van der Waals surface area contributed by atoms with E-state index in [2.05, 4.69) is 0 Å². The molecule has 0 radical (unpaired) electrons. The van der Waals surface area contributed by atoms with Gasteiger partial charge in [0.15, 0.2) is 0 Å². The molecule has 2 aliphatic rings. The van der Waals surface area contributed by atoms with Crippen LogP contribution in [0, 0.1) is 5.92 Å². The van der Waals surface area contributed by atoms with Gasteiger partial charge in [0.05, 0.1) is 6.10 Å². The molecular weight excluding hydrogens is 282 g/mol. The van der Waals surface area contributed by atoms with Gasteiger partial charge in [-0.25, -0.2) is 0 Å². The molecule has 3 atom stereocenters. The van der Waals surface area contributed by atoms with Gasteiger partial charge >= 0.3 is 5.97 Å². The predicted octanol–water partition coefficient (Wildman–Crippen LogP) is 1.71. The van der Waals surface area contributed by atoms with E-state index in [1.165, 1.54) is 0 Å². The number of esters is 1. The highest BCUT2D eigenvalue weighted by molar-refractivity contribution is 5.87. The van der Waals surface area contributed by atoms with Crippen molar-refractivity contribution in [1.82, 2.24) is 0 Å². The minimum atomic E-state index is -0.734. The molecule has 0 aromatic heterocycles. The maximum absolute atomic E-state index is 12.0. The molecule has 1 aliphatic carbocycles. The van der Waals surface area contributed by atoms with Crippen LogP contribution in [0.4, 0.5) is 0 Å². The highest BCUT2D eigenvalue weighted by Gasteiger charge is 2.47. The fraction of sp³-hybridized carbons (Fsp3) is 0.412. The van der Waals surface area contributed by atoms with Crippen molar-refractivity contribution >= 4 is 12.3 Å². The number of hydrogen-bond donors (Lipinski definition) is 1. The van der Waals surface area contributed by atoms with Crippen LogP contribution in [-0.4, -0.2) is 24.5 Å². The Labute approximate surface area is 129 Å². The standard InChI is InChI=1S/C17H19NO4/c18-15-12(8-14-16(15)22-14)6-7-13(9-19)17(20)21-10-11-4-2-1-3-5-11/h1-5,9,13-14,16H,6-8,10,18H2. The molecule has 0 bridgehead atoms. The minimum absolute atomic E-state index is 0.0784. The van der Waals surface area contributed by atoms with Gasteiger partial charge < -0.3 is 20.0 Å². The Hall–Kier alpha value is -2.14. The highest BCUT2D eigenvalue weighted by Crippen LogP contribution is 2.42. The van der Waals surface area contributed by atoms with Gasteiger partial charge in [0.25, 0.3) is 0 Å². The number of aldehydes is 1. The van der Waals surface area contributed by atoms with E-state index < -0.39 is 11.9 Å². The van der Waals surface area contributed by atoms with Crippen molar-refractivity contribution in [3.63, 3.8) is 0 Å². The largest absolute Gasteiger partial charge is 0.460 e. The van der Waals surface area contributed by atoms with Gasteiger partial charge in [-0.15, -0.1) is 0 Å². The van der Waals surface area contributed by atoms with E-state index >= 15 is 0 Å². The summed E-state index contributed by atoms with van der Waals surface area (Å²) in [6.45, 7) is 0.187. The second-order valence-electron chi connectivity index (χ2n) is 5.73. The van der Waals surface area contributed by atoms with E-state index in [4.69, 9.17) is 15.2 Å². The molecule has 5 nitrogen and oxygen atoms in total. The van der Waals surface area contributed by atoms with Gasteiger partial charge in [0.2, 0.25) is 0 Å². The number of carbonyl (C=O) groups is 2. The third-order valence-electron chi connectivity index (χ3n) is 4.19. The van der Waals surface area contributed by atoms with Crippen LogP contribution in [0.5, 0.6) is 0 Å². The number of hydrogen-bond acceptors (Lipinski definition) is 5. The summed E-state index contributed by atoms with van der Waals surface area (Å²) in [6.07, 6.45) is 2.88. The van der Waals surface area contributed by atoms with Gasteiger partial charge in [0, 0.05) is 5.70 Å². The first-order chi connectivity index (χ1) is 10.7. The first kappa shape index (κ1) is 14.8. The highest BCUT2D eigenvalue weighted by atomic mass is 16.6. The van der Waals surface area contributed by atoms with Crippen molar-refractivity contribution in [3.8, 4) is 0 Å². The summed E-state index contributed by atoms with van der Waals surface area (Å²) in [5.74, 6) is -1.21. The van der Waals surface area contributed by atoms with E-state index in [-0.39, 0.29) is 18.8 Å². The van der Waals surface area contributed by atoms with Crippen LogP contribution in [0.1, 0.15) is 24.8 Å². The molecule has 0 saturated carbocycles. The topological polar surface area (TPSA) is 81.9 Å². The number of benzene rings is 1. The fourth-order valence-electron chi connectivity index (χ4n) is 2.79. The number of carbonyl (C=O) groups excluding carboxylic acids is 2. The maximum Gasteiger partial charge on any atom is 0.316 e. The van der Waals surface area contributed by atoms with E-state index in [1.807, 2.05) is 30.3 Å². The van der Waals surface area contributed by atoms with Crippen LogP contribution in [0.3, 0.4) is 0 Å². The summed E-state index contributed by atoms with van der Waals surface area (Å²) in [6, 6.07) is 9.40. The van der Waals surface area contributed by atoms with Crippen molar-refractivity contribution in [2.24, 2.45) is 11.7 Å². The third kappa shape index (κ3) is 3.20. The zero-order valence-corrected chi connectivity index (χ0v) is 12.2. The van der Waals surface area contributed by atoms with Crippen LogP contribution in [-0.2, 0) is 25.7 Å².